The number of piperazine rings is 1. The van der Waals surface area contributed by atoms with Crippen LogP contribution in [0.25, 0.3) is 21.7 Å². The van der Waals surface area contributed by atoms with E-state index in [-0.39, 0.29) is 17.4 Å². The van der Waals surface area contributed by atoms with E-state index in [2.05, 4.69) is 34.9 Å². The second-order valence-corrected chi connectivity index (χ2v) is 10.3. The summed E-state index contributed by atoms with van der Waals surface area (Å²) in [6, 6.07) is 19.2. The molecule has 1 aliphatic rings. The van der Waals surface area contributed by atoms with E-state index < -0.39 is 9.84 Å². The molecule has 0 bridgehead atoms. The van der Waals surface area contributed by atoms with E-state index >= 15 is 0 Å². The van der Waals surface area contributed by atoms with Gasteiger partial charge in [0.1, 0.15) is 0 Å². The Morgan fingerprint density at radius 1 is 0.909 bits per heavy atom. The third-order valence-electron chi connectivity index (χ3n) is 6.30. The normalized spacial score (nSPS) is 15.2. The van der Waals surface area contributed by atoms with Crippen molar-refractivity contribution in [1.82, 2.24) is 14.7 Å². The average Bonchev–Trinajstić information content (AvgIpc) is 3.18. The van der Waals surface area contributed by atoms with Gasteiger partial charge in [-0.3, -0.25) is 4.68 Å². The van der Waals surface area contributed by atoms with Crippen LogP contribution in [0.2, 0.25) is 0 Å². The number of likely N-dealkylation sites (N-methyl/N-ethyl adjacent to an activating group) is 1. The van der Waals surface area contributed by atoms with Gasteiger partial charge in [-0.05, 0) is 43.1 Å². The predicted molar refractivity (Wildman–Crippen MR) is 136 cm³/mol. The Kier molecular flexibility index (Phi) is 6.66. The van der Waals surface area contributed by atoms with Crippen molar-refractivity contribution in [3.63, 3.8) is 0 Å². The molecule has 1 aromatic heterocycles. The maximum absolute atomic E-state index is 13.9. The molecule has 0 unspecified atom stereocenters. The first kappa shape index (κ1) is 23.5. The standard InChI is InChI=1S/C25H28N4O2S.ClH/c1-3-13-29-23-12-11-20(28-16-14-27(2)15-17-28)18-22(23)25(26-29)32(30,31)24-10-6-8-19-7-4-5-9-21(19)24;/h4-12,18H,3,13-17H2,1-2H3;1H. The number of hydrogen-bond acceptors (Lipinski definition) is 5. The predicted octanol–water partition coefficient (Wildman–Crippen LogP) is 4.61. The summed E-state index contributed by atoms with van der Waals surface area (Å²) in [6.07, 6.45) is 0.880. The van der Waals surface area contributed by atoms with Gasteiger partial charge in [-0.25, -0.2) is 8.42 Å². The Hall–Kier alpha value is -2.61. The fourth-order valence-electron chi connectivity index (χ4n) is 4.51. The summed E-state index contributed by atoms with van der Waals surface area (Å²) >= 11 is 0. The molecule has 4 aromatic rings. The van der Waals surface area contributed by atoms with E-state index in [9.17, 15) is 8.42 Å². The van der Waals surface area contributed by atoms with Crippen LogP contribution >= 0.6 is 12.4 Å². The summed E-state index contributed by atoms with van der Waals surface area (Å²) in [5.74, 6) is 0. The van der Waals surface area contributed by atoms with Gasteiger partial charge in [-0.1, -0.05) is 43.3 Å². The molecule has 0 radical (unpaired) electrons. The highest BCUT2D eigenvalue weighted by atomic mass is 35.5. The fourth-order valence-corrected chi connectivity index (χ4v) is 6.11. The maximum atomic E-state index is 13.9. The van der Waals surface area contributed by atoms with Crippen LogP contribution in [0.4, 0.5) is 5.69 Å². The smallest absolute Gasteiger partial charge is 0.226 e. The summed E-state index contributed by atoms with van der Waals surface area (Å²) in [7, 11) is -1.68. The van der Waals surface area contributed by atoms with E-state index in [1.807, 2.05) is 47.1 Å². The molecule has 2 heterocycles. The van der Waals surface area contributed by atoms with Crippen LogP contribution in [0.5, 0.6) is 0 Å². The third-order valence-corrected chi connectivity index (χ3v) is 8.04. The van der Waals surface area contributed by atoms with Crippen LogP contribution < -0.4 is 4.90 Å². The van der Waals surface area contributed by atoms with Crippen LogP contribution in [-0.4, -0.2) is 56.3 Å². The number of hydrogen-bond donors (Lipinski definition) is 0. The first-order valence-electron chi connectivity index (χ1n) is 11.2. The lowest BCUT2D eigenvalue weighted by Crippen LogP contribution is -2.44. The topological polar surface area (TPSA) is 58.4 Å². The average molecular weight is 485 g/mol. The summed E-state index contributed by atoms with van der Waals surface area (Å²) in [4.78, 5) is 4.94. The summed E-state index contributed by atoms with van der Waals surface area (Å²) in [6.45, 7) is 6.59. The van der Waals surface area contributed by atoms with Gasteiger partial charge in [-0.15, -0.1) is 12.4 Å². The van der Waals surface area contributed by atoms with Crippen molar-refractivity contribution in [3.8, 4) is 0 Å². The van der Waals surface area contributed by atoms with Crippen molar-refractivity contribution in [2.75, 3.05) is 38.1 Å². The molecule has 3 aromatic carbocycles. The highest BCUT2D eigenvalue weighted by Crippen LogP contribution is 2.34. The molecule has 33 heavy (non-hydrogen) atoms. The minimum Gasteiger partial charge on any atom is -0.369 e. The minimum absolute atomic E-state index is 0. The molecule has 0 saturated carbocycles. The molecule has 0 N–H and O–H groups in total. The number of aryl methyl sites for hydroxylation is 1. The zero-order valence-corrected chi connectivity index (χ0v) is 20.6. The Morgan fingerprint density at radius 2 is 1.64 bits per heavy atom. The number of benzene rings is 3. The van der Waals surface area contributed by atoms with E-state index in [1.165, 1.54) is 0 Å². The van der Waals surface area contributed by atoms with E-state index in [4.69, 9.17) is 0 Å². The monoisotopic (exact) mass is 484 g/mol. The van der Waals surface area contributed by atoms with Crippen LogP contribution in [0.1, 0.15) is 13.3 Å². The Bertz CT molecular complexity index is 1390. The highest BCUT2D eigenvalue weighted by Gasteiger charge is 2.28. The summed E-state index contributed by atoms with van der Waals surface area (Å²) < 4.78 is 29.7. The van der Waals surface area contributed by atoms with Crippen molar-refractivity contribution in [3.05, 3.63) is 60.7 Å². The number of fused-ring (bicyclic) bond motifs is 2. The molecule has 1 aliphatic heterocycles. The van der Waals surface area contributed by atoms with Crippen LogP contribution in [0.3, 0.4) is 0 Å². The summed E-state index contributed by atoms with van der Waals surface area (Å²) in [5.41, 5.74) is 1.92. The van der Waals surface area contributed by atoms with Crippen LogP contribution in [0, 0.1) is 0 Å². The van der Waals surface area contributed by atoms with Crippen molar-refractivity contribution >= 4 is 49.6 Å². The van der Waals surface area contributed by atoms with Crippen molar-refractivity contribution in [1.29, 1.82) is 0 Å². The summed E-state index contributed by atoms with van der Waals surface area (Å²) in [5, 5.41) is 7.11. The molecule has 5 rings (SSSR count). The largest absolute Gasteiger partial charge is 0.369 e. The zero-order valence-electron chi connectivity index (χ0n) is 18.9. The molecule has 0 spiro atoms. The molecular weight excluding hydrogens is 456 g/mol. The van der Waals surface area contributed by atoms with Crippen molar-refractivity contribution < 1.29 is 8.42 Å². The van der Waals surface area contributed by atoms with E-state index in [0.717, 1.165) is 54.6 Å². The van der Waals surface area contributed by atoms with Gasteiger partial charge in [0.25, 0.3) is 0 Å². The molecule has 174 valence electrons. The second kappa shape index (κ2) is 9.33. The lowest BCUT2D eigenvalue weighted by Gasteiger charge is -2.34. The number of sulfone groups is 1. The third kappa shape index (κ3) is 4.21. The molecular formula is C25H29ClN4O2S. The number of halogens is 1. The Balaban J connectivity index is 0.00000259. The maximum Gasteiger partial charge on any atom is 0.226 e. The van der Waals surface area contributed by atoms with Gasteiger partial charge in [0, 0.05) is 49.2 Å². The fraction of sp³-hybridized carbons (Fsp3) is 0.320. The van der Waals surface area contributed by atoms with Crippen molar-refractivity contribution in [2.24, 2.45) is 0 Å². The van der Waals surface area contributed by atoms with E-state index in [0.29, 0.717) is 16.8 Å². The molecule has 1 saturated heterocycles. The van der Waals surface area contributed by atoms with Gasteiger partial charge < -0.3 is 9.80 Å². The number of rotatable bonds is 5. The molecule has 1 fully saturated rings. The van der Waals surface area contributed by atoms with Crippen LogP contribution in [0.15, 0.2) is 70.6 Å². The minimum atomic E-state index is -3.80. The first-order valence-corrected chi connectivity index (χ1v) is 12.6. The van der Waals surface area contributed by atoms with Gasteiger partial charge in [-0.2, -0.15) is 5.10 Å². The lowest BCUT2D eigenvalue weighted by molar-refractivity contribution is 0.313. The van der Waals surface area contributed by atoms with Gasteiger partial charge in [0.15, 0.2) is 5.03 Å². The molecule has 0 amide bonds. The highest BCUT2D eigenvalue weighted by molar-refractivity contribution is 7.91. The Morgan fingerprint density at radius 3 is 2.39 bits per heavy atom. The zero-order chi connectivity index (χ0) is 22.3. The Labute approximate surface area is 201 Å². The van der Waals surface area contributed by atoms with Crippen molar-refractivity contribution in [2.45, 2.75) is 29.8 Å². The van der Waals surface area contributed by atoms with Gasteiger partial charge in [0.05, 0.1) is 10.4 Å². The second-order valence-electron chi connectivity index (χ2n) is 8.50. The van der Waals surface area contributed by atoms with Gasteiger partial charge >= 0.3 is 0 Å². The molecule has 6 nitrogen and oxygen atoms in total. The molecule has 0 atom stereocenters. The van der Waals surface area contributed by atoms with Crippen LogP contribution in [-0.2, 0) is 16.4 Å². The SMILES string of the molecule is CCCn1nc(S(=O)(=O)c2cccc3ccccc23)c2cc(N3CCN(C)CC3)ccc21.Cl. The quantitative estimate of drug-likeness (QED) is 0.414. The van der Waals surface area contributed by atoms with E-state index in [1.54, 1.807) is 12.1 Å². The lowest BCUT2D eigenvalue weighted by atomic mass is 10.1. The first-order chi connectivity index (χ1) is 15.5. The molecule has 8 heteroatoms. The number of nitrogens with zero attached hydrogens (tertiary/aromatic N) is 4. The van der Waals surface area contributed by atoms with Gasteiger partial charge in [0.2, 0.25) is 9.84 Å². The molecule has 0 aliphatic carbocycles. The number of anilines is 1. The number of aromatic nitrogens is 2.